The first-order valence-electron chi connectivity index (χ1n) is 6.11. The van der Waals surface area contributed by atoms with Crippen LogP contribution in [0.15, 0.2) is 40.8 Å². The minimum absolute atomic E-state index is 0.584. The number of hydrogen-bond acceptors (Lipinski definition) is 3. The van der Waals surface area contributed by atoms with E-state index in [-0.39, 0.29) is 0 Å². The molecule has 19 heavy (non-hydrogen) atoms. The topological polar surface area (TPSA) is 43.1 Å². The number of oxazole rings is 1. The average molecular weight is 251 g/mol. The van der Waals surface area contributed by atoms with Gasteiger partial charge in [-0.05, 0) is 55.3 Å². The van der Waals surface area contributed by atoms with E-state index >= 15 is 0 Å². The van der Waals surface area contributed by atoms with Crippen molar-refractivity contribution in [3.8, 4) is 11.5 Å². The second-order valence-electron chi connectivity index (χ2n) is 4.66. The number of aromatic nitrogens is 1. The van der Waals surface area contributed by atoms with Crippen molar-refractivity contribution in [2.24, 2.45) is 0 Å². The maximum absolute atomic E-state index is 10.8. The lowest BCUT2D eigenvalue weighted by atomic mass is 10.1. The van der Waals surface area contributed by atoms with Gasteiger partial charge < -0.3 is 4.42 Å². The molecule has 0 aliphatic heterocycles. The summed E-state index contributed by atoms with van der Waals surface area (Å²) in [4.78, 5) is 15.2. The molecule has 0 N–H and O–H groups in total. The third kappa shape index (κ3) is 2.03. The number of fused-ring (bicyclic) bond motifs is 1. The Morgan fingerprint density at radius 3 is 2.63 bits per heavy atom. The number of aldehydes is 1. The van der Waals surface area contributed by atoms with Crippen molar-refractivity contribution in [3.63, 3.8) is 0 Å². The molecule has 3 rings (SSSR count). The Bertz CT molecular complexity index is 772. The van der Waals surface area contributed by atoms with E-state index in [9.17, 15) is 4.79 Å². The minimum Gasteiger partial charge on any atom is -0.436 e. The van der Waals surface area contributed by atoms with E-state index in [1.807, 2.05) is 6.07 Å². The monoisotopic (exact) mass is 251 g/mol. The molecule has 0 atom stereocenters. The van der Waals surface area contributed by atoms with E-state index in [0.717, 1.165) is 11.8 Å². The summed E-state index contributed by atoms with van der Waals surface area (Å²) in [6, 6.07) is 11.3. The first-order valence-corrected chi connectivity index (χ1v) is 6.11. The van der Waals surface area contributed by atoms with Crippen LogP contribution in [0.4, 0.5) is 0 Å². The SMILES string of the molecule is Cc1ccc(-c2nc3cc(C=O)ccc3o2)cc1C. The summed E-state index contributed by atoms with van der Waals surface area (Å²) in [5, 5.41) is 0. The molecule has 0 fully saturated rings. The molecular weight excluding hydrogens is 238 g/mol. The Morgan fingerprint density at radius 1 is 1.05 bits per heavy atom. The van der Waals surface area contributed by atoms with Crippen molar-refractivity contribution in [2.75, 3.05) is 0 Å². The van der Waals surface area contributed by atoms with Crippen LogP contribution < -0.4 is 0 Å². The molecule has 1 heterocycles. The molecule has 1 aromatic heterocycles. The molecule has 0 aliphatic carbocycles. The van der Waals surface area contributed by atoms with Gasteiger partial charge in [0.05, 0.1) is 0 Å². The van der Waals surface area contributed by atoms with Gasteiger partial charge in [0.1, 0.15) is 11.8 Å². The summed E-state index contributed by atoms with van der Waals surface area (Å²) in [6.45, 7) is 4.13. The third-order valence-electron chi connectivity index (χ3n) is 3.30. The van der Waals surface area contributed by atoms with Crippen LogP contribution in [0.1, 0.15) is 21.5 Å². The molecule has 3 heteroatoms. The van der Waals surface area contributed by atoms with Crippen LogP contribution in [0, 0.1) is 13.8 Å². The van der Waals surface area contributed by atoms with E-state index < -0.39 is 0 Å². The quantitative estimate of drug-likeness (QED) is 0.648. The van der Waals surface area contributed by atoms with Crippen molar-refractivity contribution in [3.05, 3.63) is 53.1 Å². The fourth-order valence-electron chi connectivity index (χ4n) is 2.02. The van der Waals surface area contributed by atoms with Crippen molar-refractivity contribution < 1.29 is 9.21 Å². The van der Waals surface area contributed by atoms with Gasteiger partial charge in [-0.15, -0.1) is 0 Å². The predicted molar refractivity (Wildman–Crippen MR) is 74.3 cm³/mol. The summed E-state index contributed by atoms with van der Waals surface area (Å²) < 4.78 is 5.72. The number of carbonyl (C=O) groups is 1. The van der Waals surface area contributed by atoms with Gasteiger partial charge in [-0.25, -0.2) is 4.98 Å². The smallest absolute Gasteiger partial charge is 0.227 e. The molecule has 3 nitrogen and oxygen atoms in total. The fraction of sp³-hybridized carbons (Fsp3) is 0.125. The van der Waals surface area contributed by atoms with Crippen LogP contribution in [-0.4, -0.2) is 11.3 Å². The summed E-state index contributed by atoms with van der Waals surface area (Å²) in [7, 11) is 0. The van der Waals surface area contributed by atoms with Gasteiger partial charge in [0.15, 0.2) is 5.58 Å². The number of carbonyl (C=O) groups excluding carboxylic acids is 1. The van der Waals surface area contributed by atoms with Crippen LogP contribution in [0.3, 0.4) is 0 Å². The lowest BCUT2D eigenvalue weighted by Crippen LogP contribution is -1.83. The Morgan fingerprint density at radius 2 is 1.89 bits per heavy atom. The third-order valence-corrected chi connectivity index (χ3v) is 3.30. The molecule has 0 aliphatic rings. The minimum atomic E-state index is 0.584. The van der Waals surface area contributed by atoms with Gasteiger partial charge >= 0.3 is 0 Å². The summed E-state index contributed by atoms with van der Waals surface area (Å²) in [5.74, 6) is 0.584. The molecular formula is C16H13NO2. The molecule has 94 valence electrons. The number of benzene rings is 2. The molecule has 3 aromatic rings. The Balaban J connectivity index is 2.14. The standard InChI is InChI=1S/C16H13NO2/c1-10-3-5-13(7-11(10)2)16-17-14-8-12(9-18)4-6-15(14)19-16/h3-9H,1-2H3. The van der Waals surface area contributed by atoms with Crippen LogP contribution in [0.2, 0.25) is 0 Å². The highest BCUT2D eigenvalue weighted by molar-refractivity contribution is 5.85. The van der Waals surface area contributed by atoms with Gasteiger partial charge in [0.2, 0.25) is 5.89 Å². The molecule has 0 spiro atoms. The molecule has 0 radical (unpaired) electrons. The lowest BCUT2D eigenvalue weighted by Gasteiger charge is -2.01. The maximum Gasteiger partial charge on any atom is 0.227 e. The van der Waals surface area contributed by atoms with Gasteiger partial charge in [0, 0.05) is 11.1 Å². The number of hydrogen-bond donors (Lipinski definition) is 0. The molecule has 0 saturated heterocycles. The number of aryl methyl sites for hydroxylation is 2. The Kier molecular flexibility index (Phi) is 2.67. The highest BCUT2D eigenvalue weighted by atomic mass is 16.3. The predicted octanol–water partition coefficient (Wildman–Crippen LogP) is 3.92. The second-order valence-corrected chi connectivity index (χ2v) is 4.66. The molecule has 2 aromatic carbocycles. The number of rotatable bonds is 2. The Labute approximate surface area is 110 Å². The van der Waals surface area contributed by atoms with Gasteiger partial charge in [0.25, 0.3) is 0 Å². The van der Waals surface area contributed by atoms with E-state index in [4.69, 9.17) is 4.42 Å². The highest BCUT2D eigenvalue weighted by Crippen LogP contribution is 2.26. The molecule has 0 unspecified atom stereocenters. The molecule has 0 amide bonds. The summed E-state index contributed by atoms with van der Waals surface area (Å²) in [5.41, 5.74) is 5.40. The van der Waals surface area contributed by atoms with E-state index in [1.165, 1.54) is 11.1 Å². The summed E-state index contributed by atoms with van der Waals surface area (Å²) in [6.07, 6.45) is 0.809. The van der Waals surface area contributed by atoms with Gasteiger partial charge in [-0.2, -0.15) is 0 Å². The number of nitrogens with zero attached hydrogens (tertiary/aromatic N) is 1. The first kappa shape index (κ1) is 11.7. The fourth-order valence-corrected chi connectivity index (χ4v) is 2.02. The van der Waals surface area contributed by atoms with E-state index in [2.05, 4.69) is 31.0 Å². The van der Waals surface area contributed by atoms with Crippen molar-refractivity contribution in [2.45, 2.75) is 13.8 Å². The van der Waals surface area contributed by atoms with E-state index in [1.54, 1.807) is 18.2 Å². The molecule has 0 bridgehead atoms. The summed E-state index contributed by atoms with van der Waals surface area (Å²) >= 11 is 0. The van der Waals surface area contributed by atoms with Crippen molar-refractivity contribution in [1.82, 2.24) is 4.98 Å². The molecule has 0 saturated carbocycles. The van der Waals surface area contributed by atoms with Crippen molar-refractivity contribution >= 4 is 17.4 Å². The van der Waals surface area contributed by atoms with Gasteiger partial charge in [-0.3, -0.25) is 4.79 Å². The average Bonchev–Trinajstić information content (AvgIpc) is 2.84. The van der Waals surface area contributed by atoms with E-state index in [0.29, 0.717) is 22.6 Å². The first-order chi connectivity index (χ1) is 9.17. The zero-order valence-corrected chi connectivity index (χ0v) is 10.8. The Hall–Kier alpha value is -2.42. The zero-order chi connectivity index (χ0) is 13.4. The maximum atomic E-state index is 10.8. The normalized spacial score (nSPS) is 10.8. The largest absolute Gasteiger partial charge is 0.436 e. The van der Waals surface area contributed by atoms with Crippen LogP contribution in [0.5, 0.6) is 0 Å². The van der Waals surface area contributed by atoms with Crippen molar-refractivity contribution in [1.29, 1.82) is 0 Å². The van der Waals surface area contributed by atoms with Crippen LogP contribution in [0.25, 0.3) is 22.6 Å². The zero-order valence-electron chi connectivity index (χ0n) is 10.8. The van der Waals surface area contributed by atoms with Gasteiger partial charge in [-0.1, -0.05) is 6.07 Å². The second kappa shape index (κ2) is 4.35. The highest BCUT2D eigenvalue weighted by Gasteiger charge is 2.09. The van der Waals surface area contributed by atoms with Crippen LogP contribution in [-0.2, 0) is 0 Å². The van der Waals surface area contributed by atoms with Crippen LogP contribution >= 0.6 is 0 Å². The lowest BCUT2D eigenvalue weighted by molar-refractivity contribution is 0.112.